The first-order valence-electron chi connectivity index (χ1n) is 6.66. The van der Waals surface area contributed by atoms with Gasteiger partial charge in [0.1, 0.15) is 5.78 Å². The predicted molar refractivity (Wildman–Crippen MR) is 66.6 cm³/mol. The number of Topliss-reactive ketones (excluding diaryl/α,β-unsaturated/α-hetero) is 1. The van der Waals surface area contributed by atoms with Crippen molar-refractivity contribution in [2.75, 3.05) is 0 Å². The smallest absolute Gasteiger partial charge is 0.139 e. The van der Waals surface area contributed by atoms with Crippen molar-refractivity contribution in [2.24, 2.45) is 22.7 Å². The third-order valence-corrected chi connectivity index (χ3v) is 5.93. The fourth-order valence-electron chi connectivity index (χ4n) is 5.16. The zero-order valence-corrected chi connectivity index (χ0v) is 10.4. The summed E-state index contributed by atoms with van der Waals surface area (Å²) < 4.78 is 0. The molecule has 0 aliphatic heterocycles. The molecule has 4 bridgehead atoms. The van der Waals surface area contributed by atoms with Gasteiger partial charge in [0.15, 0.2) is 0 Å². The average Bonchev–Trinajstić information content (AvgIpc) is 2.78. The van der Waals surface area contributed by atoms with Gasteiger partial charge in [0.2, 0.25) is 0 Å². The molecule has 0 spiro atoms. The normalized spacial score (nSPS) is 50.5. The van der Waals surface area contributed by atoms with Crippen molar-refractivity contribution in [1.29, 1.82) is 0 Å². The van der Waals surface area contributed by atoms with Gasteiger partial charge >= 0.3 is 0 Å². The summed E-state index contributed by atoms with van der Waals surface area (Å²) >= 11 is 0. The van der Waals surface area contributed by atoms with E-state index in [0.717, 1.165) is 18.8 Å². The fourth-order valence-corrected chi connectivity index (χ4v) is 5.16. The van der Waals surface area contributed by atoms with Crippen molar-refractivity contribution >= 4 is 5.78 Å². The Morgan fingerprint density at radius 3 is 2.59 bits per heavy atom. The van der Waals surface area contributed by atoms with E-state index in [4.69, 9.17) is 0 Å². The number of fused-ring (bicyclic) bond motifs is 1. The Labute approximate surface area is 102 Å². The molecule has 0 aromatic heterocycles. The molecule has 0 radical (unpaired) electrons. The van der Waals surface area contributed by atoms with Gasteiger partial charge in [-0.2, -0.15) is 0 Å². The second-order valence-electron chi connectivity index (χ2n) is 6.75. The summed E-state index contributed by atoms with van der Waals surface area (Å²) in [5.41, 5.74) is 1.79. The molecular weight excluding hydrogens is 208 g/mol. The third-order valence-electron chi connectivity index (χ3n) is 5.93. The Hall–Kier alpha value is -1.11. The average molecular weight is 226 g/mol. The summed E-state index contributed by atoms with van der Waals surface area (Å²) in [6, 6.07) is 10.7. The molecule has 1 nitrogen and oxygen atoms in total. The number of hydrogen-bond donors (Lipinski definition) is 0. The standard InChI is InChI=1S/C16H18O/c1-15-9-16(2)12(17)8-11(15)14(15)13(16)10-6-4-3-5-7-10/h3-7,11,13-14H,8-9H2,1-2H3/t11-,13+,14+,15-,16+/m0/s1. The lowest BCUT2D eigenvalue weighted by atomic mass is 9.62. The second-order valence-corrected chi connectivity index (χ2v) is 6.75. The molecule has 4 saturated carbocycles. The number of carbonyl (C=O) groups excluding carboxylic acids is 1. The lowest BCUT2D eigenvalue weighted by Crippen LogP contribution is -2.39. The lowest BCUT2D eigenvalue weighted by molar-refractivity contribution is -0.133. The molecule has 1 heteroatoms. The maximum absolute atomic E-state index is 12.3. The van der Waals surface area contributed by atoms with E-state index in [1.54, 1.807) is 0 Å². The summed E-state index contributed by atoms with van der Waals surface area (Å²) in [4.78, 5) is 12.3. The second kappa shape index (κ2) is 2.66. The first-order chi connectivity index (χ1) is 8.07. The molecule has 0 saturated heterocycles. The molecule has 1 aromatic carbocycles. The first-order valence-corrected chi connectivity index (χ1v) is 6.66. The minimum Gasteiger partial charge on any atom is -0.299 e. The highest BCUT2D eigenvalue weighted by atomic mass is 16.1. The highest BCUT2D eigenvalue weighted by Gasteiger charge is 2.78. The largest absolute Gasteiger partial charge is 0.299 e. The number of carbonyl (C=O) groups is 1. The van der Waals surface area contributed by atoms with Gasteiger partial charge in [-0.1, -0.05) is 44.2 Å². The van der Waals surface area contributed by atoms with Crippen LogP contribution in [0.3, 0.4) is 0 Å². The summed E-state index contributed by atoms with van der Waals surface area (Å²) in [5, 5.41) is 0. The van der Waals surface area contributed by atoms with Crippen LogP contribution in [-0.4, -0.2) is 5.78 Å². The molecule has 5 atom stereocenters. The van der Waals surface area contributed by atoms with Crippen LogP contribution in [0.4, 0.5) is 0 Å². The summed E-state index contributed by atoms with van der Waals surface area (Å²) in [6.45, 7) is 4.61. The third kappa shape index (κ3) is 0.955. The molecule has 4 aliphatic rings. The Bertz CT molecular complexity index is 506. The topological polar surface area (TPSA) is 17.1 Å². The van der Waals surface area contributed by atoms with Gasteiger partial charge < -0.3 is 0 Å². The molecule has 4 aliphatic carbocycles. The van der Waals surface area contributed by atoms with Gasteiger partial charge in [-0.25, -0.2) is 0 Å². The van der Waals surface area contributed by atoms with Gasteiger partial charge in [0.05, 0.1) is 0 Å². The van der Waals surface area contributed by atoms with Crippen LogP contribution >= 0.6 is 0 Å². The molecule has 4 fully saturated rings. The molecule has 0 N–H and O–H groups in total. The van der Waals surface area contributed by atoms with Crippen molar-refractivity contribution in [3.8, 4) is 0 Å². The number of benzene rings is 1. The SMILES string of the molecule is C[C@]12C[C@]3(C)C(=O)C[C@H]1[C@@H]2[C@H]3c1ccccc1. The van der Waals surface area contributed by atoms with Gasteiger partial charge in [0, 0.05) is 11.8 Å². The summed E-state index contributed by atoms with van der Waals surface area (Å²) in [7, 11) is 0. The van der Waals surface area contributed by atoms with Crippen LogP contribution < -0.4 is 0 Å². The highest BCUT2D eigenvalue weighted by molar-refractivity contribution is 5.90. The van der Waals surface area contributed by atoms with Gasteiger partial charge in [-0.15, -0.1) is 0 Å². The van der Waals surface area contributed by atoms with E-state index < -0.39 is 0 Å². The Morgan fingerprint density at radius 1 is 1.18 bits per heavy atom. The van der Waals surface area contributed by atoms with E-state index in [1.165, 1.54) is 5.56 Å². The minimum absolute atomic E-state index is 0.0739. The van der Waals surface area contributed by atoms with E-state index in [0.29, 0.717) is 23.0 Å². The van der Waals surface area contributed by atoms with Crippen LogP contribution in [0.1, 0.15) is 38.2 Å². The van der Waals surface area contributed by atoms with Crippen LogP contribution in [0.5, 0.6) is 0 Å². The van der Waals surface area contributed by atoms with Gasteiger partial charge in [-0.3, -0.25) is 4.79 Å². The van der Waals surface area contributed by atoms with E-state index >= 15 is 0 Å². The molecule has 0 amide bonds. The number of rotatable bonds is 1. The highest BCUT2D eigenvalue weighted by Crippen LogP contribution is 2.82. The Balaban J connectivity index is 1.85. The van der Waals surface area contributed by atoms with Crippen molar-refractivity contribution in [2.45, 2.75) is 32.6 Å². The van der Waals surface area contributed by atoms with E-state index in [1.807, 2.05) is 0 Å². The number of hydrogen-bond acceptors (Lipinski definition) is 1. The Kier molecular flexibility index (Phi) is 1.54. The quantitative estimate of drug-likeness (QED) is 0.717. The zero-order valence-electron chi connectivity index (χ0n) is 10.4. The summed E-state index contributed by atoms with van der Waals surface area (Å²) in [6.07, 6.45) is 1.97. The van der Waals surface area contributed by atoms with Crippen LogP contribution in [0.15, 0.2) is 30.3 Å². The van der Waals surface area contributed by atoms with Crippen molar-refractivity contribution < 1.29 is 4.79 Å². The van der Waals surface area contributed by atoms with Crippen LogP contribution in [0.25, 0.3) is 0 Å². The fraction of sp³-hybridized carbons (Fsp3) is 0.562. The monoisotopic (exact) mass is 226 g/mol. The van der Waals surface area contributed by atoms with Gasteiger partial charge in [-0.05, 0) is 35.2 Å². The van der Waals surface area contributed by atoms with Crippen LogP contribution in [0, 0.1) is 22.7 Å². The van der Waals surface area contributed by atoms with Crippen molar-refractivity contribution in [3.63, 3.8) is 0 Å². The van der Waals surface area contributed by atoms with Crippen molar-refractivity contribution in [1.82, 2.24) is 0 Å². The minimum atomic E-state index is -0.0739. The van der Waals surface area contributed by atoms with E-state index in [2.05, 4.69) is 44.2 Å². The number of ketones is 1. The Morgan fingerprint density at radius 2 is 1.88 bits per heavy atom. The summed E-state index contributed by atoms with van der Waals surface area (Å²) in [5.74, 6) is 2.46. The molecule has 1 aromatic rings. The van der Waals surface area contributed by atoms with Crippen molar-refractivity contribution in [3.05, 3.63) is 35.9 Å². The maximum atomic E-state index is 12.3. The molecular formula is C16H18O. The van der Waals surface area contributed by atoms with Crippen LogP contribution in [-0.2, 0) is 4.79 Å². The molecule has 88 valence electrons. The lowest BCUT2D eigenvalue weighted by Gasteiger charge is -2.39. The van der Waals surface area contributed by atoms with Gasteiger partial charge in [0.25, 0.3) is 0 Å². The maximum Gasteiger partial charge on any atom is 0.139 e. The molecule has 0 heterocycles. The first kappa shape index (κ1) is 9.87. The van der Waals surface area contributed by atoms with Crippen LogP contribution in [0.2, 0.25) is 0 Å². The van der Waals surface area contributed by atoms with E-state index in [-0.39, 0.29) is 5.41 Å². The molecule has 5 rings (SSSR count). The van der Waals surface area contributed by atoms with E-state index in [9.17, 15) is 4.79 Å². The zero-order chi connectivity index (χ0) is 11.8. The molecule has 17 heavy (non-hydrogen) atoms. The molecule has 0 unspecified atom stereocenters. The predicted octanol–water partition coefficient (Wildman–Crippen LogP) is 3.41.